The van der Waals surface area contributed by atoms with Gasteiger partial charge in [0.1, 0.15) is 0 Å². The average molecular weight is 265 g/mol. The summed E-state index contributed by atoms with van der Waals surface area (Å²) in [4.78, 5) is 13.0. The van der Waals surface area contributed by atoms with Crippen molar-refractivity contribution in [3.05, 3.63) is 29.8 Å². The van der Waals surface area contributed by atoms with Gasteiger partial charge in [-0.3, -0.25) is 4.79 Å². The molecule has 0 bridgehead atoms. The van der Waals surface area contributed by atoms with E-state index in [9.17, 15) is 9.90 Å². The average Bonchev–Trinajstić information content (AvgIpc) is 2.33. The maximum Gasteiger partial charge on any atom is 0.230 e. The summed E-state index contributed by atoms with van der Waals surface area (Å²) in [5.74, 6) is 0.420. The topological polar surface area (TPSA) is 49.3 Å². The monoisotopic (exact) mass is 265 g/mol. The summed E-state index contributed by atoms with van der Waals surface area (Å²) in [7, 11) is 0. The minimum Gasteiger partial charge on any atom is -0.394 e. The van der Waals surface area contributed by atoms with E-state index in [2.05, 4.69) is 5.32 Å². The summed E-state index contributed by atoms with van der Waals surface area (Å²) < 4.78 is 0. The zero-order valence-corrected chi connectivity index (χ0v) is 11.4. The molecule has 1 aromatic rings. The van der Waals surface area contributed by atoms with Crippen molar-refractivity contribution < 1.29 is 9.90 Å². The number of carbonyl (C=O) groups excluding carboxylic acids is 1. The second-order valence-corrected chi connectivity index (χ2v) is 5.91. The first kappa shape index (κ1) is 13.4. The van der Waals surface area contributed by atoms with Crippen molar-refractivity contribution in [2.24, 2.45) is 0 Å². The second kappa shape index (κ2) is 5.76. The normalized spacial score (nSPS) is 17.0. The molecule has 3 nitrogen and oxygen atoms in total. The van der Waals surface area contributed by atoms with Crippen molar-refractivity contribution in [2.75, 3.05) is 12.4 Å². The van der Waals surface area contributed by atoms with Crippen LogP contribution in [0.1, 0.15) is 24.8 Å². The number of aryl methyl sites for hydroxylation is 1. The van der Waals surface area contributed by atoms with Gasteiger partial charge in [0.05, 0.1) is 17.9 Å². The largest absolute Gasteiger partial charge is 0.394 e. The number of amides is 1. The van der Waals surface area contributed by atoms with Crippen molar-refractivity contribution in [2.45, 2.75) is 36.6 Å². The van der Waals surface area contributed by atoms with Gasteiger partial charge in [0.25, 0.3) is 0 Å². The van der Waals surface area contributed by atoms with Crippen molar-refractivity contribution in [3.8, 4) is 0 Å². The molecule has 0 aliphatic heterocycles. The molecule has 2 rings (SSSR count). The highest BCUT2D eigenvalue weighted by molar-refractivity contribution is 8.00. The van der Waals surface area contributed by atoms with Crippen LogP contribution in [0.25, 0.3) is 0 Å². The molecule has 0 saturated heterocycles. The summed E-state index contributed by atoms with van der Waals surface area (Å²) in [5, 5.41) is 12.3. The Kier molecular flexibility index (Phi) is 4.30. The van der Waals surface area contributed by atoms with Gasteiger partial charge in [0, 0.05) is 4.90 Å². The van der Waals surface area contributed by atoms with Crippen LogP contribution in [0.5, 0.6) is 0 Å². The Morgan fingerprint density at radius 1 is 1.44 bits per heavy atom. The molecule has 0 aromatic heterocycles. The second-order valence-electron chi connectivity index (χ2n) is 4.89. The summed E-state index contributed by atoms with van der Waals surface area (Å²) in [5.41, 5.74) is 0.861. The Morgan fingerprint density at radius 2 is 2.17 bits per heavy atom. The number of nitrogens with one attached hydrogen (secondary N) is 1. The Morgan fingerprint density at radius 3 is 2.72 bits per heavy atom. The van der Waals surface area contributed by atoms with Crippen LogP contribution in [0.15, 0.2) is 29.2 Å². The highest BCUT2D eigenvalue weighted by Crippen LogP contribution is 2.31. The van der Waals surface area contributed by atoms with Crippen LogP contribution < -0.4 is 5.32 Å². The highest BCUT2D eigenvalue weighted by atomic mass is 32.2. The van der Waals surface area contributed by atoms with Crippen molar-refractivity contribution in [1.82, 2.24) is 5.32 Å². The number of carbonyl (C=O) groups is 1. The van der Waals surface area contributed by atoms with Crippen LogP contribution in [0.3, 0.4) is 0 Å². The minimum absolute atomic E-state index is 0.0111. The Hall–Kier alpha value is -1.00. The molecule has 1 amide bonds. The standard InChI is InChI=1S/C14H19NO2S/c1-11-5-2-3-6-12(11)18-9-13(17)15-14(10-16)7-4-8-14/h2-3,5-6,16H,4,7-10H2,1H3,(H,15,17). The van der Waals surface area contributed by atoms with E-state index >= 15 is 0 Å². The number of aliphatic hydroxyl groups excluding tert-OH is 1. The predicted octanol–water partition coefficient (Wildman–Crippen LogP) is 2.12. The number of aliphatic hydroxyl groups is 1. The van der Waals surface area contributed by atoms with E-state index in [1.165, 1.54) is 5.56 Å². The van der Waals surface area contributed by atoms with Gasteiger partial charge in [0.15, 0.2) is 0 Å². The molecule has 0 unspecified atom stereocenters. The lowest BCUT2D eigenvalue weighted by molar-refractivity contribution is -0.122. The fourth-order valence-electron chi connectivity index (χ4n) is 2.12. The molecular formula is C14H19NO2S. The zero-order chi connectivity index (χ0) is 13.0. The van der Waals surface area contributed by atoms with Gasteiger partial charge >= 0.3 is 0 Å². The number of hydrogen-bond donors (Lipinski definition) is 2. The van der Waals surface area contributed by atoms with Crippen LogP contribution in [-0.2, 0) is 4.79 Å². The fourth-order valence-corrected chi connectivity index (χ4v) is 2.95. The van der Waals surface area contributed by atoms with Crippen LogP contribution in [0.4, 0.5) is 0 Å². The van der Waals surface area contributed by atoms with Gasteiger partial charge in [-0.05, 0) is 37.8 Å². The summed E-state index contributed by atoms with van der Waals surface area (Å²) >= 11 is 1.55. The van der Waals surface area contributed by atoms with Gasteiger partial charge in [-0.2, -0.15) is 0 Å². The van der Waals surface area contributed by atoms with E-state index < -0.39 is 0 Å². The lowest BCUT2D eigenvalue weighted by Gasteiger charge is -2.40. The van der Waals surface area contributed by atoms with Crippen LogP contribution in [-0.4, -0.2) is 28.9 Å². The Bertz CT molecular complexity index is 424. The molecular weight excluding hydrogens is 246 g/mol. The van der Waals surface area contributed by atoms with Crippen LogP contribution in [0, 0.1) is 6.92 Å². The van der Waals surface area contributed by atoms with Crippen molar-refractivity contribution in [3.63, 3.8) is 0 Å². The summed E-state index contributed by atoms with van der Waals surface area (Å²) in [6.45, 7) is 2.09. The quantitative estimate of drug-likeness (QED) is 0.802. The Labute approximate surface area is 112 Å². The first-order valence-corrected chi connectivity index (χ1v) is 7.24. The maximum atomic E-state index is 11.9. The first-order valence-electron chi connectivity index (χ1n) is 6.25. The number of benzene rings is 1. The van der Waals surface area contributed by atoms with E-state index in [0.29, 0.717) is 5.75 Å². The number of rotatable bonds is 5. The van der Waals surface area contributed by atoms with E-state index in [1.807, 2.05) is 31.2 Å². The number of hydrogen-bond acceptors (Lipinski definition) is 3. The maximum absolute atomic E-state index is 11.9. The minimum atomic E-state index is -0.330. The van der Waals surface area contributed by atoms with Gasteiger partial charge in [-0.25, -0.2) is 0 Å². The molecule has 0 radical (unpaired) electrons. The zero-order valence-electron chi connectivity index (χ0n) is 10.6. The molecule has 18 heavy (non-hydrogen) atoms. The van der Waals surface area contributed by atoms with Crippen molar-refractivity contribution in [1.29, 1.82) is 0 Å². The van der Waals surface area contributed by atoms with Crippen molar-refractivity contribution >= 4 is 17.7 Å². The third-order valence-electron chi connectivity index (χ3n) is 3.47. The van der Waals surface area contributed by atoms with Gasteiger partial charge in [-0.15, -0.1) is 11.8 Å². The van der Waals surface area contributed by atoms with Gasteiger partial charge in [0.2, 0.25) is 5.91 Å². The fraction of sp³-hybridized carbons (Fsp3) is 0.500. The predicted molar refractivity (Wildman–Crippen MR) is 73.7 cm³/mol. The molecule has 4 heteroatoms. The molecule has 1 aliphatic rings. The third kappa shape index (κ3) is 3.06. The van der Waals surface area contributed by atoms with E-state index in [4.69, 9.17) is 0 Å². The van der Waals surface area contributed by atoms with E-state index in [0.717, 1.165) is 24.2 Å². The first-order chi connectivity index (χ1) is 8.65. The smallest absolute Gasteiger partial charge is 0.230 e. The molecule has 1 fully saturated rings. The summed E-state index contributed by atoms with van der Waals surface area (Å²) in [6, 6.07) is 8.04. The molecule has 0 heterocycles. The molecule has 0 atom stereocenters. The van der Waals surface area contributed by atoms with E-state index in [1.54, 1.807) is 11.8 Å². The lowest BCUT2D eigenvalue weighted by Crippen LogP contribution is -2.56. The van der Waals surface area contributed by atoms with Crippen LogP contribution >= 0.6 is 11.8 Å². The molecule has 2 N–H and O–H groups in total. The van der Waals surface area contributed by atoms with E-state index in [-0.39, 0.29) is 18.1 Å². The molecule has 0 spiro atoms. The summed E-state index contributed by atoms with van der Waals surface area (Å²) in [6.07, 6.45) is 2.88. The molecule has 1 saturated carbocycles. The Balaban J connectivity index is 1.83. The SMILES string of the molecule is Cc1ccccc1SCC(=O)NC1(CO)CCC1. The van der Waals surface area contributed by atoms with Crippen LogP contribution in [0.2, 0.25) is 0 Å². The van der Waals surface area contributed by atoms with Gasteiger partial charge < -0.3 is 10.4 Å². The molecule has 1 aliphatic carbocycles. The highest BCUT2D eigenvalue weighted by Gasteiger charge is 2.37. The number of thioether (sulfide) groups is 1. The third-order valence-corrected chi connectivity index (χ3v) is 4.65. The van der Waals surface area contributed by atoms with Gasteiger partial charge in [-0.1, -0.05) is 18.2 Å². The molecule has 98 valence electrons. The molecule has 1 aromatic carbocycles. The lowest BCUT2D eigenvalue weighted by atomic mass is 9.77.